The first-order chi connectivity index (χ1) is 11.8. The van der Waals surface area contributed by atoms with Crippen molar-refractivity contribution in [3.05, 3.63) is 30.6 Å². The zero-order valence-corrected chi connectivity index (χ0v) is 14.6. The van der Waals surface area contributed by atoms with Gasteiger partial charge in [0.2, 0.25) is 6.79 Å². The molecule has 0 amide bonds. The molecule has 130 valence electrons. The Hall–Kier alpha value is -2.32. The van der Waals surface area contributed by atoms with E-state index in [-0.39, 0.29) is 12.8 Å². The van der Waals surface area contributed by atoms with E-state index in [0.29, 0.717) is 17.2 Å². The number of hydrogen-bond acceptors (Lipinski definition) is 7. The summed E-state index contributed by atoms with van der Waals surface area (Å²) < 4.78 is 28.2. The lowest BCUT2D eigenvalue weighted by Crippen LogP contribution is -2.41. The molecule has 0 atom stereocenters. The molecule has 2 aliphatic heterocycles. The van der Waals surface area contributed by atoms with Crippen molar-refractivity contribution < 1.29 is 23.5 Å². The molecule has 7 nitrogen and oxygen atoms in total. The molecule has 8 heteroatoms. The van der Waals surface area contributed by atoms with E-state index in [0.717, 1.165) is 5.46 Å². The summed E-state index contributed by atoms with van der Waals surface area (Å²) in [5.41, 5.74) is -0.0600. The summed E-state index contributed by atoms with van der Waals surface area (Å²) in [6.45, 7) is 8.24. The standard InChI is InChI=1S/C17H19BN2O5/c1-16(2)17(3,4)25-18(24-16)11-8-19-15(20-9-11)23-12-5-6-13-14(7-12)22-10-21-13/h5-9H,10H2,1-4H3. The minimum Gasteiger partial charge on any atom is -0.454 e. The largest absolute Gasteiger partial charge is 0.498 e. The molecule has 2 aromatic rings. The number of hydrogen-bond donors (Lipinski definition) is 0. The maximum Gasteiger partial charge on any atom is 0.498 e. The fourth-order valence-electron chi connectivity index (χ4n) is 2.53. The lowest BCUT2D eigenvalue weighted by Gasteiger charge is -2.32. The summed E-state index contributed by atoms with van der Waals surface area (Å²) in [6, 6.07) is 5.54. The zero-order valence-electron chi connectivity index (χ0n) is 14.6. The molecule has 0 radical (unpaired) electrons. The molecule has 1 saturated heterocycles. The van der Waals surface area contributed by atoms with Gasteiger partial charge in [-0.2, -0.15) is 0 Å². The smallest absolute Gasteiger partial charge is 0.454 e. The van der Waals surface area contributed by atoms with Gasteiger partial charge in [-0.05, 0) is 39.8 Å². The van der Waals surface area contributed by atoms with E-state index in [1.807, 2.05) is 27.7 Å². The summed E-state index contributed by atoms with van der Waals surface area (Å²) in [4.78, 5) is 8.48. The third kappa shape index (κ3) is 2.92. The Bertz CT molecular complexity index is 778. The Morgan fingerprint density at radius 2 is 1.60 bits per heavy atom. The predicted molar refractivity (Wildman–Crippen MR) is 90.4 cm³/mol. The normalized spacial score (nSPS) is 19.9. The number of aromatic nitrogens is 2. The summed E-state index contributed by atoms with van der Waals surface area (Å²) in [5.74, 6) is 1.92. The van der Waals surface area contributed by atoms with Gasteiger partial charge in [0.1, 0.15) is 5.75 Å². The maximum atomic E-state index is 5.99. The fraction of sp³-hybridized carbons (Fsp3) is 0.412. The first-order valence-corrected chi connectivity index (χ1v) is 8.09. The predicted octanol–water partition coefficient (Wildman–Crippen LogP) is 2.30. The van der Waals surface area contributed by atoms with E-state index < -0.39 is 18.3 Å². The zero-order chi connectivity index (χ0) is 17.7. The second kappa shape index (κ2) is 5.61. The van der Waals surface area contributed by atoms with E-state index in [1.54, 1.807) is 30.6 Å². The molecule has 25 heavy (non-hydrogen) atoms. The second-order valence-electron chi connectivity index (χ2n) is 7.00. The van der Waals surface area contributed by atoms with Crippen LogP contribution < -0.4 is 19.7 Å². The lowest BCUT2D eigenvalue weighted by atomic mass is 9.81. The van der Waals surface area contributed by atoms with Crippen molar-refractivity contribution in [1.29, 1.82) is 0 Å². The van der Waals surface area contributed by atoms with Gasteiger partial charge >= 0.3 is 13.1 Å². The summed E-state index contributed by atoms with van der Waals surface area (Å²) >= 11 is 0. The van der Waals surface area contributed by atoms with Crippen molar-refractivity contribution in [2.24, 2.45) is 0 Å². The second-order valence-corrected chi connectivity index (χ2v) is 7.00. The third-order valence-corrected chi connectivity index (χ3v) is 4.73. The minimum absolute atomic E-state index is 0.220. The highest BCUT2D eigenvalue weighted by molar-refractivity contribution is 6.61. The van der Waals surface area contributed by atoms with Crippen LogP contribution in [-0.2, 0) is 9.31 Å². The van der Waals surface area contributed by atoms with Gasteiger partial charge in [0.15, 0.2) is 11.5 Å². The fourth-order valence-corrected chi connectivity index (χ4v) is 2.53. The van der Waals surface area contributed by atoms with Crippen molar-refractivity contribution in [3.63, 3.8) is 0 Å². The van der Waals surface area contributed by atoms with Crippen LogP contribution in [0.1, 0.15) is 27.7 Å². The molecule has 0 spiro atoms. The molecule has 0 unspecified atom stereocenters. The highest BCUT2D eigenvalue weighted by atomic mass is 16.7. The van der Waals surface area contributed by atoms with Gasteiger partial charge in [-0.3, -0.25) is 0 Å². The molecule has 1 aromatic heterocycles. The number of benzene rings is 1. The molecule has 1 fully saturated rings. The SMILES string of the molecule is CC1(C)OB(c2cnc(Oc3ccc4c(c3)OCO4)nc2)OC1(C)C. The lowest BCUT2D eigenvalue weighted by molar-refractivity contribution is 0.00578. The molecular weight excluding hydrogens is 323 g/mol. The van der Waals surface area contributed by atoms with Crippen LogP contribution in [0.4, 0.5) is 0 Å². The first-order valence-electron chi connectivity index (χ1n) is 8.09. The topological polar surface area (TPSA) is 71.9 Å². The van der Waals surface area contributed by atoms with Crippen molar-refractivity contribution in [3.8, 4) is 23.3 Å². The third-order valence-electron chi connectivity index (χ3n) is 4.73. The van der Waals surface area contributed by atoms with Crippen molar-refractivity contribution >= 4 is 12.6 Å². The summed E-state index contributed by atoms with van der Waals surface area (Å²) in [5, 5.41) is 0. The number of fused-ring (bicyclic) bond motifs is 1. The highest BCUT2D eigenvalue weighted by Crippen LogP contribution is 2.37. The Labute approximate surface area is 146 Å². The maximum absolute atomic E-state index is 5.99. The molecular formula is C17H19BN2O5. The van der Waals surface area contributed by atoms with Crippen LogP contribution in [0.2, 0.25) is 0 Å². The molecule has 3 heterocycles. The Kier molecular flexibility index (Phi) is 3.63. The average molecular weight is 342 g/mol. The summed E-state index contributed by atoms with van der Waals surface area (Å²) in [6.07, 6.45) is 3.30. The van der Waals surface area contributed by atoms with E-state index in [9.17, 15) is 0 Å². The molecule has 0 N–H and O–H groups in total. The monoisotopic (exact) mass is 342 g/mol. The average Bonchev–Trinajstić information content (AvgIpc) is 3.10. The minimum atomic E-state index is -0.496. The van der Waals surface area contributed by atoms with Gasteiger partial charge in [0.25, 0.3) is 0 Å². The van der Waals surface area contributed by atoms with Gasteiger partial charge in [0.05, 0.1) is 11.2 Å². The molecule has 2 aliphatic rings. The number of rotatable bonds is 3. The molecule has 0 aliphatic carbocycles. The van der Waals surface area contributed by atoms with E-state index in [4.69, 9.17) is 23.5 Å². The van der Waals surface area contributed by atoms with Crippen LogP contribution in [-0.4, -0.2) is 35.1 Å². The van der Waals surface area contributed by atoms with Crippen LogP contribution in [0, 0.1) is 0 Å². The van der Waals surface area contributed by atoms with Gasteiger partial charge in [-0.15, -0.1) is 0 Å². The van der Waals surface area contributed by atoms with E-state index in [2.05, 4.69) is 9.97 Å². The molecule has 0 bridgehead atoms. The van der Waals surface area contributed by atoms with Crippen LogP contribution in [0.3, 0.4) is 0 Å². The number of ether oxygens (including phenoxy) is 3. The Balaban J connectivity index is 1.48. The van der Waals surface area contributed by atoms with Crippen molar-refractivity contribution in [1.82, 2.24) is 9.97 Å². The van der Waals surface area contributed by atoms with Gasteiger partial charge in [-0.25, -0.2) is 9.97 Å². The van der Waals surface area contributed by atoms with E-state index >= 15 is 0 Å². The number of nitrogens with zero attached hydrogens (tertiary/aromatic N) is 2. The van der Waals surface area contributed by atoms with Crippen LogP contribution in [0.15, 0.2) is 30.6 Å². The Morgan fingerprint density at radius 1 is 0.960 bits per heavy atom. The molecule has 0 saturated carbocycles. The molecule has 1 aromatic carbocycles. The van der Waals surface area contributed by atoms with Gasteiger partial charge < -0.3 is 23.5 Å². The summed E-state index contributed by atoms with van der Waals surface area (Å²) in [7, 11) is -0.496. The van der Waals surface area contributed by atoms with Crippen molar-refractivity contribution in [2.45, 2.75) is 38.9 Å². The van der Waals surface area contributed by atoms with Gasteiger partial charge in [0, 0.05) is 23.9 Å². The first kappa shape index (κ1) is 16.2. The van der Waals surface area contributed by atoms with Crippen molar-refractivity contribution in [2.75, 3.05) is 6.79 Å². The molecule has 4 rings (SSSR count). The highest BCUT2D eigenvalue weighted by Gasteiger charge is 2.51. The van der Waals surface area contributed by atoms with Crippen LogP contribution >= 0.6 is 0 Å². The van der Waals surface area contributed by atoms with E-state index in [1.165, 1.54) is 0 Å². The van der Waals surface area contributed by atoms with Crippen LogP contribution in [0.25, 0.3) is 0 Å². The van der Waals surface area contributed by atoms with Gasteiger partial charge in [-0.1, -0.05) is 0 Å². The Morgan fingerprint density at radius 3 is 2.28 bits per heavy atom. The van der Waals surface area contributed by atoms with Crippen LogP contribution in [0.5, 0.6) is 23.3 Å². The quantitative estimate of drug-likeness (QED) is 0.793.